The van der Waals surface area contributed by atoms with Gasteiger partial charge in [0.25, 0.3) is 0 Å². The summed E-state index contributed by atoms with van der Waals surface area (Å²) in [6.07, 6.45) is 5.47. The lowest BCUT2D eigenvalue weighted by Gasteiger charge is -2.30. The normalized spacial score (nSPS) is 18.3. The Balaban J connectivity index is 2.00. The Morgan fingerprint density at radius 3 is 2.58 bits per heavy atom. The molecule has 1 atom stereocenters. The van der Waals surface area contributed by atoms with Gasteiger partial charge >= 0.3 is 5.97 Å². The van der Waals surface area contributed by atoms with Gasteiger partial charge in [0.2, 0.25) is 5.95 Å². The zero-order chi connectivity index (χ0) is 13.8. The van der Waals surface area contributed by atoms with Crippen LogP contribution in [0.25, 0.3) is 0 Å². The minimum absolute atomic E-state index is 0.107. The first-order chi connectivity index (χ1) is 9.06. The average Bonchev–Trinajstić information content (AvgIpc) is 2.39. The van der Waals surface area contributed by atoms with Gasteiger partial charge in [0.15, 0.2) is 0 Å². The molecule has 0 unspecified atom stereocenters. The molecule has 0 radical (unpaired) electrons. The SMILES string of the molecule is CC1CCN(c2ncc([C@H](N)CC(=O)O)cn2)CC1. The molecule has 1 saturated heterocycles. The minimum Gasteiger partial charge on any atom is -0.481 e. The Labute approximate surface area is 112 Å². The predicted octanol–water partition coefficient (Wildman–Crippen LogP) is 1.19. The number of carboxylic acids is 1. The van der Waals surface area contributed by atoms with Crippen LogP contribution < -0.4 is 10.6 Å². The van der Waals surface area contributed by atoms with Crippen LogP contribution in [0.4, 0.5) is 5.95 Å². The topological polar surface area (TPSA) is 92.3 Å². The number of carboxylic acid groups (broad SMARTS) is 1. The zero-order valence-corrected chi connectivity index (χ0v) is 11.1. The highest BCUT2D eigenvalue weighted by Crippen LogP contribution is 2.20. The number of anilines is 1. The largest absolute Gasteiger partial charge is 0.481 e. The second-order valence-electron chi connectivity index (χ2n) is 5.19. The molecule has 2 heterocycles. The zero-order valence-electron chi connectivity index (χ0n) is 11.1. The number of piperidine rings is 1. The molecule has 104 valence electrons. The van der Waals surface area contributed by atoms with Gasteiger partial charge < -0.3 is 15.7 Å². The molecule has 1 aromatic heterocycles. The van der Waals surface area contributed by atoms with Gasteiger partial charge in [-0.25, -0.2) is 9.97 Å². The molecule has 3 N–H and O–H groups in total. The molecule has 6 nitrogen and oxygen atoms in total. The summed E-state index contributed by atoms with van der Waals surface area (Å²) in [6, 6.07) is -0.548. The number of nitrogens with zero attached hydrogens (tertiary/aromatic N) is 3. The second-order valence-corrected chi connectivity index (χ2v) is 5.19. The Hall–Kier alpha value is -1.69. The summed E-state index contributed by atoms with van der Waals surface area (Å²) in [7, 11) is 0. The average molecular weight is 264 g/mol. The lowest BCUT2D eigenvalue weighted by atomic mass is 10.00. The van der Waals surface area contributed by atoms with Crippen molar-refractivity contribution in [2.75, 3.05) is 18.0 Å². The third kappa shape index (κ3) is 3.64. The van der Waals surface area contributed by atoms with Crippen LogP contribution in [-0.2, 0) is 4.79 Å². The number of carbonyl (C=O) groups is 1. The van der Waals surface area contributed by atoms with Crippen LogP contribution in [0.15, 0.2) is 12.4 Å². The first-order valence-corrected chi connectivity index (χ1v) is 6.60. The van der Waals surface area contributed by atoms with Crippen LogP contribution in [-0.4, -0.2) is 34.1 Å². The monoisotopic (exact) mass is 264 g/mol. The minimum atomic E-state index is -0.915. The fourth-order valence-electron chi connectivity index (χ4n) is 2.20. The fourth-order valence-corrected chi connectivity index (χ4v) is 2.20. The van der Waals surface area contributed by atoms with E-state index in [2.05, 4.69) is 21.8 Å². The summed E-state index contributed by atoms with van der Waals surface area (Å²) in [4.78, 5) is 21.4. The van der Waals surface area contributed by atoms with Crippen LogP contribution in [0.2, 0.25) is 0 Å². The van der Waals surface area contributed by atoms with E-state index in [0.717, 1.165) is 31.8 Å². The van der Waals surface area contributed by atoms with Crippen molar-refractivity contribution in [1.82, 2.24) is 9.97 Å². The molecule has 1 aliphatic rings. The lowest BCUT2D eigenvalue weighted by molar-refractivity contribution is -0.137. The van der Waals surface area contributed by atoms with Crippen molar-refractivity contribution in [2.24, 2.45) is 11.7 Å². The maximum Gasteiger partial charge on any atom is 0.305 e. The molecule has 19 heavy (non-hydrogen) atoms. The van der Waals surface area contributed by atoms with Crippen molar-refractivity contribution in [1.29, 1.82) is 0 Å². The van der Waals surface area contributed by atoms with Gasteiger partial charge in [0.05, 0.1) is 6.42 Å². The van der Waals surface area contributed by atoms with Gasteiger partial charge in [0.1, 0.15) is 0 Å². The van der Waals surface area contributed by atoms with Crippen molar-refractivity contribution in [2.45, 2.75) is 32.2 Å². The van der Waals surface area contributed by atoms with Crippen molar-refractivity contribution in [3.05, 3.63) is 18.0 Å². The Bertz CT molecular complexity index is 427. The van der Waals surface area contributed by atoms with Crippen LogP contribution >= 0.6 is 0 Å². The molecule has 1 aromatic rings. The van der Waals surface area contributed by atoms with Gasteiger partial charge in [-0.05, 0) is 18.8 Å². The predicted molar refractivity (Wildman–Crippen MR) is 71.8 cm³/mol. The highest BCUT2D eigenvalue weighted by atomic mass is 16.4. The van der Waals surface area contributed by atoms with E-state index >= 15 is 0 Å². The van der Waals surface area contributed by atoms with Gasteiger partial charge in [0, 0.05) is 37.1 Å². The molecular weight excluding hydrogens is 244 g/mol. The van der Waals surface area contributed by atoms with E-state index in [9.17, 15) is 4.79 Å². The summed E-state index contributed by atoms with van der Waals surface area (Å²) in [5.41, 5.74) is 6.43. The van der Waals surface area contributed by atoms with Gasteiger partial charge in [-0.1, -0.05) is 6.92 Å². The van der Waals surface area contributed by atoms with E-state index in [1.165, 1.54) is 0 Å². The lowest BCUT2D eigenvalue weighted by Crippen LogP contribution is -2.34. The number of hydrogen-bond donors (Lipinski definition) is 2. The second kappa shape index (κ2) is 5.97. The van der Waals surface area contributed by atoms with Crippen LogP contribution in [0.5, 0.6) is 0 Å². The Morgan fingerprint density at radius 2 is 2.05 bits per heavy atom. The smallest absolute Gasteiger partial charge is 0.305 e. The molecule has 1 aliphatic heterocycles. The first-order valence-electron chi connectivity index (χ1n) is 6.60. The molecular formula is C13H20N4O2. The van der Waals surface area contributed by atoms with Crippen molar-refractivity contribution in [3.8, 4) is 0 Å². The Kier molecular flexibility index (Phi) is 4.31. The summed E-state index contributed by atoms with van der Waals surface area (Å²) in [5.74, 6) is 0.555. The third-order valence-electron chi connectivity index (χ3n) is 3.55. The summed E-state index contributed by atoms with van der Waals surface area (Å²) in [5, 5.41) is 8.70. The molecule has 0 aliphatic carbocycles. The Morgan fingerprint density at radius 1 is 1.47 bits per heavy atom. The van der Waals surface area contributed by atoms with E-state index in [-0.39, 0.29) is 6.42 Å². The van der Waals surface area contributed by atoms with Crippen molar-refractivity contribution < 1.29 is 9.90 Å². The van der Waals surface area contributed by atoms with Crippen molar-refractivity contribution in [3.63, 3.8) is 0 Å². The quantitative estimate of drug-likeness (QED) is 0.848. The highest BCUT2D eigenvalue weighted by Gasteiger charge is 2.18. The summed E-state index contributed by atoms with van der Waals surface area (Å²) >= 11 is 0. The highest BCUT2D eigenvalue weighted by molar-refractivity contribution is 5.67. The summed E-state index contributed by atoms with van der Waals surface area (Å²) in [6.45, 7) is 4.20. The standard InChI is InChI=1S/C13H20N4O2/c1-9-2-4-17(5-3-9)13-15-7-10(8-16-13)11(14)6-12(18)19/h7-9,11H,2-6,14H2,1H3,(H,18,19)/t11-/m1/s1. The molecule has 2 rings (SSSR count). The van der Waals surface area contributed by atoms with E-state index in [0.29, 0.717) is 11.5 Å². The van der Waals surface area contributed by atoms with E-state index in [1.54, 1.807) is 12.4 Å². The van der Waals surface area contributed by atoms with Crippen LogP contribution in [0.1, 0.15) is 37.8 Å². The number of aliphatic carboxylic acids is 1. The number of nitrogens with two attached hydrogens (primary N) is 1. The van der Waals surface area contributed by atoms with E-state index in [4.69, 9.17) is 10.8 Å². The third-order valence-corrected chi connectivity index (χ3v) is 3.55. The van der Waals surface area contributed by atoms with Crippen LogP contribution in [0.3, 0.4) is 0 Å². The fraction of sp³-hybridized carbons (Fsp3) is 0.615. The maximum absolute atomic E-state index is 10.6. The number of rotatable bonds is 4. The van der Waals surface area contributed by atoms with Crippen LogP contribution in [0, 0.1) is 5.92 Å². The molecule has 1 fully saturated rings. The molecule has 0 aromatic carbocycles. The maximum atomic E-state index is 10.6. The van der Waals surface area contributed by atoms with Gasteiger partial charge in [-0.15, -0.1) is 0 Å². The molecule has 6 heteroatoms. The number of hydrogen-bond acceptors (Lipinski definition) is 5. The molecule has 0 saturated carbocycles. The molecule has 0 amide bonds. The molecule has 0 spiro atoms. The van der Waals surface area contributed by atoms with E-state index < -0.39 is 12.0 Å². The van der Waals surface area contributed by atoms with E-state index in [1.807, 2.05) is 0 Å². The molecule has 0 bridgehead atoms. The number of aromatic nitrogens is 2. The van der Waals surface area contributed by atoms with Crippen molar-refractivity contribution >= 4 is 11.9 Å². The van der Waals surface area contributed by atoms with Gasteiger partial charge in [-0.3, -0.25) is 4.79 Å². The van der Waals surface area contributed by atoms with Gasteiger partial charge in [-0.2, -0.15) is 0 Å². The first kappa shape index (κ1) is 13.7. The summed E-state index contributed by atoms with van der Waals surface area (Å²) < 4.78 is 0.